The van der Waals surface area contributed by atoms with Gasteiger partial charge in [0.15, 0.2) is 0 Å². The zero-order valence-electron chi connectivity index (χ0n) is 15.4. The number of hydrogen-bond donors (Lipinski definition) is 0. The smallest absolute Gasteiger partial charge is 0.744 e. The molecule has 0 spiro atoms. The first kappa shape index (κ1) is 24.1. The summed E-state index contributed by atoms with van der Waals surface area (Å²) in [6.45, 7) is 2.24. The average molecular weight is 363 g/mol. The van der Waals surface area contributed by atoms with Gasteiger partial charge in [-0.15, -0.1) is 0 Å². The molecule has 0 N–H and O–H groups in total. The molecule has 0 heterocycles. The molecule has 0 fully saturated rings. The molecule has 0 aromatic heterocycles. The minimum Gasteiger partial charge on any atom is -0.744 e. The van der Waals surface area contributed by atoms with Gasteiger partial charge in [0.05, 0.1) is 4.90 Å². The van der Waals surface area contributed by atoms with Crippen LogP contribution in [0.2, 0.25) is 0 Å². The topological polar surface area (TPSA) is 57.2 Å². The molecule has 132 valence electrons. The number of rotatable bonds is 13. The van der Waals surface area contributed by atoms with Crippen LogP contribution in [0.4, 0.5) is 0 Å². The molecule has 0 radical (unpaired) electrons. The van der Waals surface area contributed by atoms with Crippen LogP contribution >= 0.6 is 0 Å². The third-order valence-corrected chi connectivity index (χ3v) is 5.23. The van der Waals surface area contributed by atoms with Crippen LogP contribution in [-0.4, -0.2) is 13.0 Å². The van der Waals surface area contributed by atoms with E-state index < -0.39 is 10.1 Å². The van der Waals surface area contributed by atoms with E-state index >= 15 is 0 Å². The fourth-order valence-corrected chi connectivity index (χ4v) is 3.67. The maximum Gasteiger partial charge on any atom is 1.00 e. The minimum atomic E-state index is -4.35. The quantitative estimate of drug-likeness (QED) is 0.308. The predicted molar refractivity (Wildman–Crippen MR) is 94.6 cm³/mol. The summed E-state index contributed by atoms with van der Waals surface area (Å²) in [6, 6.07) is 6.56. The first-order valence-corrected chi connectivity index (χ1v) is 10.5. The van der Waals surface area contributed by atoms with Crippen molar-refractivity contribution in [3.8, 4) is 0 Å². The van der Waals surface area contributed by atoms with E-state index in [0.29, 0.717) is 12.0 Å². The Morgan fingerprint density at radius 3 is 1.75 bits per heavy atom. The third kappa shape index (κ3) is 10.9. The Kier molecular flexibility index (Phi) is 14.4. The fraction of sp³-hybridized carbons (Fsp3) is 0.684. The van der Waals surface area contributed by atoms with Crippen molar-refractivity contribution in [2.75, 3.05) is 0 Å². The van der Waals surface area contributed by atoms with Gasteiger partial charge < -0.3 is 4.55 Å². The van der Waals surface area contributed by atoms with Gasteiger partial charge >= 0.3 is 29.6 Å². The maximum atomic E-state index is 11.2. The van der Waals surface area contributed by atoms with Crippen LogP contribution in [0.1, 0.15) is 83.1 Å². The molecule has 0 saturated carbocycles. The normalized spacial score (nSPS) is 11.2. The summed E-state index contributed by atoms with van der Waals surface area (Å²) < 4.78 is 33.6. The van der Waals surface area contributed by atoms with Gasteiger partial charge in [-0.2, -0.15) is 0 Å². The molecule has 1 aromatic rings. The third-order valence-electron chi connectivity index (χ3n) is 4.29. The molecule has 0 aliphatic heterocycles. The van der Waals surface area contributed by atoms with Crippen molar-refractivity contribution in [1.82, 2.24) is 0 Å². The van der Waals surface area contributed by atoms with Gasteiger partial charge in [-0.1, -0.05) is 89.3 Å². The van der Waals surface area contributed by atoms with Crippen LogP contribution in [0.3, 0.4) is 0 Å². The Morgan fingerprint density at radius 2 is 1.25 bits per heavy atom. The van der Waals surface area contributed by atoms with Gasteiger partial charge in [0.1, 0.15) is 10.1 Å². The Labute approximate surface area is 170 Å². The van der Waals surface area contributed by atoms with Crippen molar-refractivity contribution in [1.29, 1.82) is 0 Å². The second-order valence-electron chi connectivity index (χ2n) is 6.35. The van der Waals surface area contributed by atoms with Gasteiger partial charge in [-0.3, -0.25) is 0 Å². The maximum absolute atomic E-state index is 11.2. The summed E-state index contributed by atoms with van der Waals surface area (Å²) in [4.78, 5) is -0.0490. The monoisotopic (exact) mass is 362 g/mol. The summed E-state index contributed by atoms with van der Waals surface area (Å²) in [7, 11) is -4.35. The average Bonchev–Trinajstić information content (AvgIpc) is 2.52. The van der Waals surface area contributed by atoms with Crippen LogP contribution in [0.5, 0.6) is 0 Å². The van der Waals surface area contributed by atoms with Crippen LogP contribution in [0.15, 0.2) is 29.2 Å². The van der Waals surface area contributed by atoms with E-state index in [4.69, 9.17) is 0 Å². The zero-order chi connectivity index (χ0) is 17.0. The molecule has 3 nitrogen and oxygen atoms in total. The Bertz CT molecular complexity index is 529. The number of aryl methyl sites for hydroxylation is 1. The first-order valence-electron chi connectivity index (χ1n) is 9.09. The largest absolute Gasteiger partial charge is 1.00 e. The first-order chi connectivity index (χ1) is 11.1. The molecule has 1 aromatic carbocycles. The zero-order valence-corrected chi connectivity index (χ0v) is 18.2. The van der Waals surface area contributed by atoms with Gasteiger partial charge in [0, 0.05) is 0 Å². The van der Waals surface area contributed by atoms with E-state index in [1.54, 1.807) is 18.2 Å². The van der Waals surface area contributed by atoms with Gasteiger partial charge in [0.25, 0.3) is 0 Å². The van der Waals surface area contributed by atoms with Crippen molar-refractivity contribution in [3.05, 3.63) is 29.8 Å². The van der Waals surface area contributed by atoms with E-state index in [1.165, 1.54) is 63.9 Å². The molecule has 1 rings (SSSR count). The van der Waals surface area contributed by atoms with Crippen molar-refractivity contribution in [2.45, 2.75) is 88.9 Å². The van der Waals surface area contributed by atoms with Gasteiger partial charge in [0.2, 0.25) is 0 Å². The van der Waals surface area contributed by atoms with Crippen molar-refractivity contribution in [3.63, 3.8) is 0 Å². The predicted octanol–water partition coefficient (Wildman–Crippen LogP) is 2.45. The molecule has 24 heavy (non-hydrogen) atoms. The number of hydrogen-bond acceptors (Lipinski definition) is 3. The summed E-state index contributed by atoms with van der Waals surface area (Å²) in [6.07, 6.45) is 14.6. The van der Waals surface area contributed by atoms with Crippen LogP contribution < -0.4 is 29.6 Å². The summed E-state index contributed by atoms with van der Waals surface area (Å²) >= 11 is 0. The Balaban J connectivity index is 0.00000529. The Morgan fingerprint density at radius 1 is 0.792 bits per heavy atom. The van der Waals surface area contributed by atoms with Crippen LogP contribution in [-0.2, 0) is 16.5 Å². The van der Waals surface area contributed by atoms with E-state index in [2.05, 4.69) is 6.92 Å². The second-order valence-corrected chi connectivity index (χ2v) is 7.70. The van der Waals surface area contributed by atoms with Crippen LogP contribution in [0.25, 0.3) is 0 Å². The number of unbranched alkanes of at least 4 members (excludes halogenated alkanes) is 10. The second kappa shape index (κ2) is 14.3. The van der Waals surface area contributed by atoms with Crippen molar-refractivity contribution >= 4 is 10.1 Å². The molecular formula is C19H31NaO3S. The molecule has 0 aliphatic rings. The molecule has 5 heteroatoms. The SMILES string of the molecule is CCCCCCCCCCCCCc1ccccc1S(=O)(=O)[O-].[Na+]. The molecule has 0 aliphatic carbocycles. The van der Waals surface area contributed by atoms with Crippen LogP contribution in [0, 0.1) is 0 Å². The molecule has 0 saturated heterocycles. The van der Waals surface area contributed by atoms with E-state index in [1.807, 2.05) is 0 Å². The van der Waals surface area contributed by atoms with Crippen molar-refractivity contribution in [2.24, 2.45) is 0 Å². The van der Waals surface area contributed by atoms with Crippen molar-refractivity contribution < 1.29 is 42.5 Å². The summed E-state index contributed by atoms with van der Waals surface area (Å²) in [5.74, 6) is 0. The molecule has 0 bridgehead atoms. The minimum absolute atomic E-state index is 0. The summed E-state index contributed by atoms with van der Waals surface area (Å²) in [5.41, 5.74) is 0.665. The van der Waals surface area contributed by atoms with E-state index in [9.17, 15) is 13.0 Å². The van der Waals surface area contributed by atoms with Gasteiger partial charge in [-0.25, -0.2) is 8.42 Å². The molecule has 0 atom stereocenters. The Hall–Kier alpha value is 0.130. The molecule has 0 unspecified atom stereocenters. The fourth-order valence-electron chi connectivity index (χ4n) is 2.93. The standard InChI is InChI=1S/C19H32O3S.Na/c1-2-3-4-5-6-7-8-9-10-11-12-15-18-16-13-14-17-19(18)23(20,21)22;/h13-14,16-17H,2-12,15H2,1H3,(H,20,21,22);/q;+1/p-1. The molecular weight excluding hydrogens is 331 g/mol. The molecule has 0 amide bonds. The summed E-state index contributed by atoms with van der Waals surface area (Å²) in [5, 5.41) is 0. The van der Waals surface area contributed by atoms with E-state index in [0.717, 1.165) is 12.8 Å². The number of benzene rings is 1. The van der Waals surface area contributed by atoms with Gasteiger partial charge in [-0.05, 0) is 24.5 Å². The van der Waals surface area contributed by atoms with E-state index in [-0.39, 0.29) is 34.5 Å².